The quantitative estimate of drug-likeness (QED) is 0.554. The van der Waals surface area contributed by atoms with Crippen molar-refractivity contribution in [1.29, 1.82) is 0 Å². The molecule has 2 aliphatic rings. The molecule has 0 aromatic heterocycles. The highest BCUT2D eigenvalue weighted by Crippen LogP contribution is 2.45. The summed E-state index contributed by atoms with van der Waals surface area (Å²) in [5.74, 6) is 0.293. The fourth-order valence-corrected chi connectivity index (χ4v) is 2.68. The van der Waals surface area contributed by atoms with Gasteiger partial charge in [0, 0.05) is 6.42 Å². The van der Waals surface area contributed by atoms with E-state index in [1.54, 1.807) is 6.08 Å². The zero-order valence-electron chi connectivity index (χ0n) is 8.39. The number of hydrogen-bond donors (Lipinski definition) is 0. The fourth-order valence-electron chi connectivity index (χ4n) is 2.68. The summed E-state index contributed by atoms with van der Waals surface area (Å²) in [5, 5.41) is 0. The van der Waals surface area contributed by atoms with Crippen molar-refractivity contribution in [2.45, 2.75) is 39.5 Å². The van der Waals surface area contributed by atoms with Crippen LogP contribution in [-0.2, 0) is 4.79 Å². The molecule has 0 N–H and O–H groups in total. The van der Waals surface area contributed by atoms with E-state index in [-0.39, 0.29) is 5.41 Å². The Balaban J connectivity index is 2.47. The average Bonchev–Trinajstić information content (AvgIpc) is 2.02. The molecule has 1 atom stereocenters. The maximum Gasteiger partial charge on any atom is 0.156 e. The molecule has 0 spiro atoms. The summed E-state index contributed by atoms with van der Waals surface area (Å²) in [6.07, 6.45) is 8.13. The van der Waals surface area contributed by atoms with Crippen LogP contribution in [-0.4, -0.2) is 5.78 Å². The normalized spacial score (nSPS) is 33.5. The lowest BCUT2D eigenvalue weighted by Crippen LogP contribution is -2.28. The third-order valence-electron chi connectivity index (χ3n) is 3.39. The van der Waals surface area contributed by atoms with Gasteiger partial charge in [-0.25, -0.2) is 0 Å². The Morgan fingerprint density at radius 3 is 2.92 bits per heavy atom. The summed E-state index contributed by atoms with van der Waals surface area (Å²) in [5.41, 5.74) is 3.07. The highest BCUT2D eigenvalue weighted by molar-refractivity contribution is 5.92. The van der Waals surface area contributed by atoms with Crippen LogP contribution in [0.1, 0.15) is 39.5 Å². The predicted octanol–water partition coefficient (Wildman–Crippen LogP) is 3.02. The largest absolute Gasteiger partial charge is 0.295 e. The number of fused-ring (bicyclic) bond motifs is 1. The number of rotatable bonds is 0. The zero-order valence-corrected chi connectivity index (χ0v) is 8.39. The van der Waals surface area contributed by atoms with E-state index >= 15 is 0 Å². The first-order valence-corrected chi connectivity index (χ1v) is 5.03. The standard InChI is InChI=1S/C12H16O/c1-9-4-3-7-12(2)8-10(13)5-6-11(9)12/h5-6H,3-4,7-8H2,1-2H3/t12-/m1/s1. The first kappa shape index (κ1) is 8.74. The van der Waals surface area contributed by atoms with Gasteiger partial charge in [-0.05, 0) is 43.3 Å². The molecule has 0 heterocycles. The van der Waals surface area contributed by atoms with Crippen LogP contribution in [0.3, 0.4) is 0 Å². The van der Waals surface area contributed by atoms with Gasteiger partial charge >= 0.3 is 0 Å². The van der Waals surface area contributed by atoms with Gasteiger partial charge < -0.3 is 0 Å². The lowest BCUT2D eigenvalue weighted by Gasteiger charge is -2.37. The van der Waals surface area contributed by atoms with Crippen LogP contribution in [0.5, 0.6) is 0 Å². The van der Waals surface area contributed by atoms with Gasteiger partial charge in [0.05, 0.1) is 0 Å². The minimum absolute atomic E-state index is 0.161. The van der Waals surface area contributed by atoms with Gasteiger partial charge in [-0.1, -0.05) is 18.6 Å². The number of allylic oxidation sites excluding steroid dienone is 4. The molecule has 70 valence electrons. The second-order valence-electron chi connectivity index (χ2n) is 4.58. The molecule has 13 heavy (non-hydrogen) atoms. The van der Waals surface area contributed by atoms with Gasteiger partial charge in [-0.3, -0.25) is 4.79 Å². The van der Waals surface area contributed by atoms with Gasteiger partial charge in [0.1, 0.15) is 0 Å². The Labute approximate surface area is 79.5 Å². The van der Waals surface area contributed by atoms with Crippen molar-refractivity contribution in [2.75, 3.05) is 0 Å². The lowest BCUT2D eigenvalue weighted by atomic mass is 9.66. The molecule has 0 saturated carbocycles. The first-order valence-electron chi connectivity index (χ1n) is 5.03. The van der Waals surface area contributed by atoms with Crippen LogP contribution in [0.4, 0.5) is 0 Å². The molecule has 2 rings (SSSR count). The lowest BCUT2D eigenvalue weighted by molar-refractivity contribution is -0.116. The summed E-state index contributed by atoms with van der Waals surface area (Å²) in [6, 6.07) is 0. The molecule has 0 amide bonds. The molecule has 2 aliphatic carbocycles. The molecule has 1 nitrogen and oxygen atoms in total. The van der Waals surface area contributed by atoms with Crippen LogP contribution < -0.4 is 0 Å². The van der Waals surface area contributed by atoms with E-state index in [9.17, 15) is 4.79 Å². The molecule has 0 unspecified atom stereocenters. The van der Waals surface area contributed by atoms with E-state index in [1.165, 1.54) is 30.4 Å². The van der Waals surface area contributed by atoms with Crippen molar-refractivity contribution < 1.29 is 4.79 Å². The molecule has 0 aliphatic heterocycles. The Kier molecular flexibility index (Phi) is 1.90. The smallest absolute Gasteiger partial charge is 0.156 e. The molecule has 0 aromatic rings. The maximum atomic E-state index is 11.3. The van der Waals surface area contributed by atoms with Crippen LogP contribution in [0, 0.1) is 5.41 Å². The van der Waals surface area contributed by atoms with Crippen LogP contribution in [0.25, 0.3) is 0 Å². The summed E-state index contributed by atoms with van der Waals surface area (Å²) in [4.78, 5) is 11.3. The molecule has 0 radical (unpaired) electrons. The summed E-state index contributed by atoms with van der Waals surface area (Å²) in [6.45, 7) is 4.43. The van der Waals surface area contributed by atoms with Gasteiger partial charge in [0.2, 0.25) is 0 Å². The molecule has 0 fully saturated rings. The Morgan fingerprint density at radius 2 is 2.15 bits per heavy atom. The van der Waals surface area contributed by atoms with Crippen molar-refractivity contribution in [3.8, 4) is 0 Å². The Morgan fingerprint density at radius 1 is 1.38 bits per heavy atom. The van der Waals surface area contributed by atoms with Gasteiger partial charge in [-0.2, -0.15) is 0 Å². The average molecular weight is 176 g/mol. The highest BCUT2D eigenvalue weighted by Gasteiger charge is 2.35. The third-order valence-corrected chi connectivity index (χ3v) is 3.39. The molecular weight excluding hydrogens is 160 g/mol. The highest BCUT2D eigenvalue weighted by atomic mass is 16.1. The molecule has 0 aromatic carbocycles. The fraction of sp³-hybridized carbons (Fsp3) is 0.583. The topological polar surface area (TPSA) is 17.1 Å². The van der Waals surface area contributed by atoms with Crippen LogP contribution in [0.15, 0.2) is 23.3 Å². The van der Waals surface area contributed by atoms with Crippen molar-refractivity contribution in [3.05, 3.63) is 23.3 Å². The van der Waals surface area contributed by atoms with Gasteiger partial charge in [0.15, 0.2) is 5.78 Å². The Hall–Kier alpha value is -0.850. The van der Waals surface area contributed by atoms with Crippen LogP contribution in [0.2, 0.25) is 0 Å². The van der Waals surface area contributed by atoms with E-state index in [1.807, 2.05) is 6.08 Å². The first-order chi connectivity index (χ1) is 6.12. The number of ketones is 1. The summed E-state index contributed by atoms with van der Waals surface area (Å²) < 4.78 is 0. The minimum Gasteiger partial charge on any atom is -0.295 e. The molecule has 0 bridgehead atoms. The number of hydrogen-bond acceptors (Lipinski definition) is 1. The second-order valence-corrected chi connectivity index (χ2v) is 4.58. The minimum atomic E-state index is 0.161. The predicted molar refractivity (Wildman–Crippen MR) is 53.4 cm³/mol. The van der Waals surface area contributed by atoms with Crippen molar-refractivity contribution in [2.24, 2.45) is 5.41 Å². The molecular formula is C12H16O. The van der Waals surface area contributed by atoms with Crippen LogP contribution >= 0.6 is 0 Å². The SMILES string of the molecule is CC1=C2C=CC(=O)C[C@@]2(C)CCC1. The van der Waals surface area contributed by atoms with Gasteiger partial charge in [0.25, 0.3) is 0 Å². The number of carbonyl (C=O) groups excluding carboxylic acids is 1. The molecule has 0 saturated heterocycles. The van der Waals surface area contributed by atoms with E-state index < -0.39 is 0 Å². The monoisotopic (exact) mass is 176 g/mol. The molecule has 1 heteroatoms. The van der Waals surface area contributed by atoms with E-state index in [4.69, 9.17) is 0 Å². The van der Waals surface area contributed by atoms with E-state index in [2.05, 4.69) is 13.8 Å². The second kappa shape index (κ2) is 2.83. The van der Waals surface area contributed by atoms with Crippen molar-refractivity contribution in [1.82, 2.24) is 0 Å². The Bertz CT molecular complexity index is 309. The van der Waals surface area contributed by atoms with Crippen molar-refractivity contribution in [3.63, 3.8) is 0 Å². The summed E-state index contributed by atoms with van der Waals surface area (Å²) in [7, 11) is 0. The maximum absolute atomic E-state index is 11.3. The van der Waals surface area contributed by atoms with E-state index in [0.29, 0.717) is 5.78 Å². The number of carbonyl (C=O) groups is 1. The van der Waals surface area contributed by atoms with Gasteiger partial charge in [-0.15, -0.1) is 0 Å². The zero-order chi connectivity index (χ0) is 9.47. The van der Waals surface area contributed by atoms with E-state index in [0.717, 1.165) is 6.42 Å². The summed E-state index contributed by atoms with van der Waals surface area (Å²) >= 11 is 0. The van der Waals surface area contributed by atoms with Crippen molar-refractivity contribution >= 4 is 5.78 Å². The third kappa shape index (κ3) is 1.37.